The van der Waals surface area contributed by atoms with Gasteiger partial charge in [-0.05, 0) is 25.1 Å². The van der Waals surface area contributed by atoms with E-state index in [0.717, 1.165) is 5.75 Å². The molecule has 94 valence electrons. The van der Waals surface area contributed by atoms with Crippen LogP contribution in [-0.4, -0.2) is 15.0 Å². The number of hydrogen-bond acceptors (Lipinski definition) is 5. The minimum Gasteiger partial charge on any atom is -0.439 e. The zero-order chi connectivity index (χ0) is 13.2. The second kappa shape index (κ2) is 4.53. The summed E-state index contributed by atoms with van der Waals surface area (Å²) in [7, 11) is 0. The smallest absolute Gasteiger partial charge is 0.220 e. The molecule has 0 aliphatic heterocycles. The first-order valence-corrected chi connectivity index (χ1v) is 5.84. The van der Waals surface area contributed by atoms with Gasteiger partial charge in [0.15, 0.2) is 5.82 Å². The van der Waals surface area contributed by atoms with Gasteiger partial charge in [-0.1, -0.05) is 17.7 Å². The number of rotatable bonds is 2. The first kappa shape index (κ1) is 11.4. The summed E-state index contributed by atoms with van der Waals surface area (Å²) >= 11 is 0. The summed E-state index contributed by atoms with van der Waals surface area (Å²) in [5.74, 6) is 1.55. The van der Waals surface area contributed by atoms with Crippen LogP contribution in [0.3, 0.4) is 0 Å². The Hall–Kier alpha value is -2.69. The Morgan fingerprint density at radius 1 is 1.00 bits per heavy atom. The molecule has 3 aromatic rings. The molecule has 0 spiro atoms. The van der Waals surface area contributed by atoms with Crippen LogP contribution in [-0.2, 0) is 0 Å². The molecule has 0 radical (unpaired) electrons. The van der Waals surface area contributed by atoms with Crippen LogP contribution in [0.1, 0.15) is 5.56 Å². The van der Waals surface area contributed by atoms with E-state index in [1.54, 1.807) is 6.07 Å². The van der Waals surface area contributed by atoms with Gasteiger partial charge in [-0.3, -0.25) is 0 Å². The van der Waals surface area contributed by atoms with Crippen LogP contribution in [0.5, 0.6) is 11.6 Å². The van der Waals surface area contributed by atoms with Crippen molar-refractivity contribution in [2.24, 2.45) is 0 Å². The summed E-state index contributed by atoms with van der Waals surface area (Å²) in [5.41, 5.74) is 8.19. The highest BCUT2D eigenvalue weighted by atomic mass is 16.5. The van der Waals surface area contributed by atoms with Crippen molar-refractivity contribution in [3.05, 3.63) is 48.3 Å². The van der Waals surface area contributed by atoms with Gasteiger partial charge >= 0.3 is 0 Å². The maximum atomic E-state index is 5.77. The maximum Gasteiger partial charge on any atom is 0.220 e. The number of nitrogens with two attached hydrogens (primary N) is 1. The van der Waals surface area contributed by atoms with E-state index in [1.165, 1.54) is 11.9 Å². The average Bonchev–Trinajstić information content (AvgIpc) is 2.42. The number of benzene rings is 1. The number of hydrogen-bond donors (Lipinski definition) is 1. The van der Waals surface area contributed by atoms with E-state index in [1.807, 2.05) is 37.3 Å². The van der Waals surface area contributed by atoms with Crippen molar-refractivity contribution in [3.8, 4) is 11.6 Å². The third-order valence-electron chi connectivity index (χ3n) is 2.73. The lowest BCUT2D eigenvalue weighted by Crippen LogP contribution is -1.96. The summed E-state index contributed by atoms with van der Waals surface area (Å²) < 4.78 is 5.67. The van der Waals surface area contributed by atoms with Crippen LogP contribution in [0.4, 0.5) is 5.82 Å². The highest BCUT2D eigenvalue weighted by molar-refractivity contribution is 5.83. The second-order valence-electron chi connectivity index (χ2n) is 4.19. The Morgan fingerprint density at radius 3 is 2.58 bits per heavy atom. The van der Waals surface area contributed by atoms with E-state index >= 15 is 0 Å². The highest BCUT2D eigenvalue weighted by Crippen LogP contribution is 2.23. The Kier molecular flexibility index (Phi) is 2.72. The second-order valence-corrected chi connectivity index (χ2v) is 4.19. The number of aryl methyl sites for hydroxylation is 1. The molecule has 0 atom stereocenters. The van der Waals surface area contributed by atoms with E-state index in [9.17, 15) is 0 Å². The monoisotopic (exact) mass is 252 g/mol. The van der Waals surface area contributed by atoms with Crippen molar-refractivity contribution in [2.75, 3.05) is 5.73 Å². The fourth-order valence-electron chi connectivity index (χ4n) is 1.72. The van der Waals surface area contributed by atoms with E-state index in [4.69, 9.17) is 10.5 Å². The summed E-state index contributed by atoms with van der Waals surface area (Å²) in [6.07, 6.45) is 1.42. The van der Waals surface area contributed by atoms with Gasteiger partial charge in [0.05, 0.1) is 5.52 Å². The Balaban J connectivity index is 1.97. The van der Waals surface area contributed by atoms with Crippen molar-refractivity contribution < 1.29 is 4.74 Å². The van der Waals surface area contributed by atoms with E-state index < -0.39 is 0 Å². The molecule has 0 bridgehead atoms. The Morgan fingerprint density at radius 2 is 1.79 bits per heavy atom. The largest absolute Gasteiger partial charge is 0.439 e. The number of nitrogens with zero attached hydrogens (tertiary/aromatic N) is 3. The van der Waals surface area contributed by atoms with Gasteiger partial charge in [-0.15, -0.1) is 0 Å². The minimum absolute atomic E-state index is 0.347. The lowest BCUT2D eigenvalue weighted by atomic mass is 10.2. The van der Waals surface area contributed by atoms with Crippen LogP contribution in [0, 0.1) is 6.92 Å². The van der Waals surface area contributed by atoms with Gasteiger partial charge in [-0.2, -0.15) is 0 Å². The van der Waals surface area contributed by atoms with Crippen molar-refractivity contribution in [1.82, 2.24) is 15.0 Å². The average molecular weight is 252 g/mol. The predicted octanol–water partition coefficient (Wildman–Crippen LogP) is 2.71. The molecular formula is C14H12N4O. The number of ether oxygens (including phenoxy) is 1. The summed E-state index contributed by atoms with van der Waals surface area (Å²) in [6.45, 7) is 2.02. The molecule has 2 aromatic heterocycles. The maximum absolute atomic E-state index is 5.77. The topological polar surface area (TPSA) is 73.9 Å². The molecule has 0 fully saturated rings. The Bertz CT molecular complexity index is 725. The molecule has 2 heterocycles. The zero-order valence-electron chi connectivity index (χ0n) is 10.4. The Labute approximate surface area is 110 Å². The van der Waals surface area contributed by atoms with Gasteiger partial charge in [0, 0.05) is 6.07 Å². The molecule has 0 aliphatic rings. The first-order valence-electron chi connectivity index (χ1n) is 5.84. The number of fused-ring (bicyclic) bond motifs is 1. The molecule has 0 saturated heterocycles. The fourth-order valence-corrected chi connectivity index (χ4v) is 1.72. The van der Waals surface area contributed by atoms with E-state index in [2.05, 4.69) is 15.0 Å². The van der Waals surface area contributed by atoms with Gasteiger partial charge in [0.25, 0.3) is 0 Å². The molecule has 3 rings (SSSR count). The van der Waals surface area contributed by atoms with E-state index in [0.29, 0.717) is 22.7 Å². The molecule has 19 heavy (non-hydrogen) atoms. The van der Waals surface area contributed by atoms with Gasteiger partial charge in [0.2, 0.25) is 5.88 Å². The third kappa shape index (κ3) is 2.30. The highest BCUT2D eigenvalue weighted by Gasteiger charge is 2.05. The van der Waals surface area contributed by atoms with Crippen molar-refractivity contribution >= 4 is 16.9 Å². The normalized spacial score (nSPS) is 10.6. The number of nitrogen functional groups attached to an aromatic ring is 1. The molecule has 0 amide bonds. The molecule has 0 unspecified atom stereocenters. The number of pyridine rings is 1. The first-order chi connectivity index (χ1) is 9.22. The molecular weight excluding hydrogens is 240 g/mol. The molecule has 5 heteroatoms. The van der Waals surface area contributed by atoms with E-state index in [-0.39, 0.29) is 0 Å². The van der Waals surface area contributed by atoms with Crippen LogP contribution < -0.4 is 10.5 Å². The zero-order valence-corrected chi connectivity index (χ0v) is 10.4. The molecule has 0 saturated carbocycles. The lowest BCUT2D eigenvalue weighted by molar-refractivity contribution is 0.465. The van der Waals surface area contributed by atoms with Gasteiger partial charge in [0.1, 0.15) is 17.6 Å². The van der Waals surface area contributed by atoms with Crippen LogP contribution in [0.2, 0.25) is 0 Å². The number of anilines is 1. The summed E-state index contributed by atoms with van der Waals surface area (Å²) in [6, 6.07) is 11.3. The van der Waals surface area contributed by atoms with Crippen molar-refractivity contribution in [3.63, 3.8) is 0 Å². The van der Waals surface area contributed by atoms with Crippen molar-refractivity contribution in [2.45, 2.75) is 6.92 Å². The van der Waals surface area contributed by atoms with Crippen LogP contribution in [0.25, 0.3) is 11.0 Å². The summed E-state index contributed by atoms with van der Waals surface area (Å²) in [5, 5.41) is 0. The lowest BCUT2D eigenvalue weighted by Gasteiger charge is -2.06. The van der Waals surface area contributed by atoms with Gasteiger partial charge in [-0.25, -0.2) is 15.0 Å². The summed E-state index contributed by atoms with van der Waals surface area (Å²) in [4.78, 5) is 12.3. The van der Waals surface area contributed by atoms with Crippen LogP contribution in [0.15, 0.2) is 42.7 Å². The molecule has 2 N–H and O–H groups in total. The third-order valence-corrected chi connectivity index (χ3v) is 2.73. The molecule has 0 aliphatic carbocycles. The predicted molar refractivity (Wildman–Crippen MR) is 73.0 cm³/mol. The fraction of sp³-hybridized carbons (Fsp3) is 0.0714. The number of aromatic nitrogens is 3. The quantitative estimate of drug-likeness (QED) is 0.759. The van der Waals surface area contributed by atoms with Gasteiger partial charge < -0.3 is 10.5 Å². The standard InChI is InChI=1S/C14H12N4O/c1-9-2-4-10(5-3-9)19-12-7-6-11-13(18-12)14(15)17-8-16-11/h2-8H,1H3,(H2,15,16,17). The van der Waals surface area contributed by atoms with Crippen LogP contribution >= 0.6 is 0 Å². The molecule has 1 aromatic carbocycles. The van der Waals surface area contributed by atoms with Crippen molar-refractivity contribution in [1.29, 1.82) is 0 Å². The molecule has 5 nitrogen and oxygen atoms in total. The minimum atomic E-state index is 0.347. The SMILES string of the molecule is Cc1ccc(Oc2ccc3ncnc(N)c3n2)cc1.